The Kier molecular flexibility index (Phi) is 7.91. The first-order valence-electron chi connectivity index (χ1n) is 5.89. The molecule has 1 unspecified atom stereocenters. The zero-order valence-corrected chi connectivity index (χ0v) is 11.3. The van der Waals surface area contributed by atoms with Crippen molar-refractivity contribution in [2.24, 2.45) is 5.92 Å². The van der Waals surface area contributed by atoms with Crippen LogP contribution >= 0.6 is 12.4 Å². The number of hydrogen-bond acceptors (Lipinski definition) is 3. The van der Waals surface area contributed by atoms with Crippen molar-refractivity contribution < 1.29 is 9.59 Å². The Morgan fingerprint density at radius 2 is 2.18 bits per heavy atom. The maximum absolute atomic E-state index is 11.7. The molecule has 0 aromatic heterocycles. The maximum Gasteiger partial charge on any atom is 0.225 e. The van der Waals surface area contributed by atoms with Crippen molar-refractivity contribution in [2.45, 2.75) is 19.8 Å². The number of amides is 2. The molecule has 1 aliphatic heterocycles. The first-order chi connectivity index (χ1) is 7.69. The summed E-state index contributed by atoms with van der Waals surface area (Å²) in [6, 6.07) is 0. The summed E-state index contributed by atoms with van der Waals surface area (Å²) in [4.78, 5) is 24.9. The molecule has 2 N–H and O–H groups in total. The lowest BCUT2D eigenvalue weighted by Crippen LogP contribution is -2.34. The SMILES string of the molecule is CCN1CC(C(=O)NCCCNC)CC1=O.Cl. The molecule has 0 saturated carbocycles. The van der Waals surface area contributed by atoms with E-state index in [0.29, 0.717) is 26.1 Å². The predicted molar refractivity (Wildman–Crippen MR) is 69.2 cm³/mol. The summed E-state index contributed by atoms with van der Waals surface area (Å²) < 4.78 is 0. The highest BCUT2D eigenvalue weighted by Gasteiger charge is 2.32. The van der Waals surface area contributed by atoms with Gasteiger partial charge >= 0.3 is 0 Å². The molecule has 2 amide bonds. The molecule has 1 saturated heterocycles. The quantitative estimate of drug-likeness (QED) is 0.664. The van der Waals surface area contributed by atoms with Crippen molar-refractivity contribution in [3.05, 3.63) is 0 Å². The van der Waals surface area contributed by atoms with Gasteiger partial charge in [-0.15, -0.1) is 12.4 Å². The van der Waals surface area contributed by atoms with Gasteiger partial charge in [0, 0.05) is 26.1 Å². The van der Waals surface area contributed by atoms with Crippen LogP contribution in [0.15, 0.2) is 0 Å². The highest BCUT2D eigenvalue weighted by molar-refractivity contribution is 5.89. The fraction of sp³-hybridized carbons (Fsp3) is 0.818. The van der Waals surface area contributed by atoms with E-state index in [0.717, 1.165) is 13.0 Å². The number of nitrogens with zero attached hydrogens (tertiary/aromatic N) is 1. The molecular formula is C11H22ClN3O2. The van der Waals surface area contributed by atoms with Crippen LogP contribution in [0.1, 0.15) is 19.8 Å². The van der Waals surface area contributed by atoms with E-state index in [-0.39, 0.29) is 30.1 Å². The molecule has 0 radical (unpaired) electrons. The van der Waals surface area contributed by atoms with Crippen LogP contribution in [0.4, 0.5) is 0 Å². The molecule has 1 atom stereocenters. The van der Waals surface area contributed by atoms with Crippen molar-refractivity contribution in [3.63, 3.8) is 0 Å². The standard InChI is InChI=1S/C11H21N3O2.ClH/c1-3-14-8-9(7-10(14)15)11(16)13-6-4-5-12-2;/h9,12H,3-8H2,1-2H3,(H,13,16);1H. The lowest BCUT2D eigenvalue weighted by atomic mass is 10.1. The molecular weight excluding hydrogens is 242 g/mol. The Balaban J connectivity index is 0.00000256. The third-order valence-corrected chi connectivity index (χ3v) is 2.87. The predicted octanol–water partition coefficient (Wildman–Crippen LogP) is 0.00230. The number of rotatable bonds is 6. The molecule has 100 valence electrons. The first-order valence-corrected chi connectivity index (χ1v) is 5.89. The number of hydrogen-bond donors (Lipinski definition) is 2. The molecule has 17 heavy (non-hydrogen) atoms. The van der Waals surface area contributed by atoms with Crippen LogP contribution in [-0.2, 0) is 9.59 Å². The van der Waals surface area contributed by atoms with Crippen molar-refractivity contribution in [1.82, 2.24) is 15.5 Å². The molecule has 0 spiro atoms. The molecule has 1 heterocycles. The van der Waals surface area contributed by atoms with Gasteiger partial charge in [0.05, 0.1) is 5.92 Å². The fourth-order valence-electron chi connectivity index (χ4n) is 1.87. The molecule has 1 rings (SSSR count). The van der Waals surface area contributed by atoms with Crippen molar-refractivity contribution >= 4 is 24.2 Å². The Hall–Kier alpha value is -0.810. The Labute approximate surface area is 109 Å². The Bertz CT molecular complexity index is 261. The van der Waals surface area contributed by atoms with Gasteiger partial charge in [0.2, 0.25) is 11.8 Å². The van der Waals surface area contributed by atoms with Crippen LogP contribution in [0.2, 0.25) is 0 Å². The van der Waals surface area contributed by atoms with Gasteiger partial charge in [-0.1, -0.05) is 0 Å². The van der Waals surface area contributed by atoms with E-state index in [1.807, 2.05) is 14.0 Å². The lowest BCUT2D eigenvalue weighted by molar-refractivity contribution is -0.128. The van der Waals surface area contributed by atoms with Gasteiger partial charge in [0.1, 0.15) is 0 Å². The number of nitrogens with one attached hydrogen (secondary N) is 2. The van der Waals surface area contributed by atoms with Crippen LogP contribution in [0.3, 0.4) is 0 Å². The summed E-state index contributed by atoms with van der Waals surface area (Å²) in [6.07, 6.45) is 1.28. The lowest BCUT2D eigenvalue weighted by Gasteiger charge is -2.13. The fourth-order valence-corrected chi connectivity index (χ4v) is 1.87. The molecule has 1 aliphatic rings. The first kappa shape index (κ1) is 16.2. The minimum atomic E-state index is -0.151. The van der Waals surface area contributed by atoms with Gasteiger partial charge < -0.3 is 15.5 Å². The summed E-state index contributed by atoms with van der Waals surface area (Å²) in [7, 11) is 1.89. The van der Waals surface area contributed by atoms with Crippen LogP contribution in [0.5, 0.6) is 0 Å². The second-order valence-electron chi connectivity index (χ2n) is 4.08. The number of halogens is 1. The van der Waals surface area contributed by atoms with Crippen molar-refractivity contribution in [1.29, 1.82) is 0 Å². The zero-order valence-electron chi connectivity index (χ0n) is 10.5. The van der Waals surface area contributed by atoms with Gasteiger partial charge in [-0.25, -0.2) is 0 Å². The molecule has 1 fully saturated rings. The van der Waals surface area contributed by atoms with Crippen LogP contribution in [0, 0.1) is 5.92 Å². The van der Waals surface area contributed by atoms with E-state index in [1.165, 1.54) is 0 Å². The van der Waals surface area contributed by atoms with Gasteiger partial charge in [-0.3, -0.25) is 9.59 Å². The van der Waals surface area contributed by atoms with E-state index < -0.39 is 0 Å². The van der Waals surface area contributed by atoms with E-state index in [9.17, 15) is 9.59 Å². The van der Waals surface area contributed by atoms with Crippen molar-refractivity contribution in [3.8, 4) is 0 Å². The van der Waals surface area contributed by atoms with Crippen LogP contribution in [-0.4, -0.2) is 49.9 Å². The summed E-state index contributed by atoms with van der Waals surface area (Å²) in [5, 5.41) is 5.89. The van der Waals surface area contributed by atoms with Crippen LogP contribution in [0.25, 0.3) is 0 Å². The highest BCUT2D eigenvalue weighted by atomic mass is 35.5. The van der Waals surface area contributed by atoms with E-state index in [1.54, 1.807) is 4.90 Å². The third-order valence-electron chi connectivity index (χ3n) is 2.87. The number of carbonyl (C=O) groups is 2. The average Bonchev–Trinajstić information content (AvgIpc) is 2.66. The number of likely N-dealkylation sites (tertiary alicyclic amines) is 1. The minimum Gasteiger partial charge on any atom is -0.356 e. The van der Waals surface area contributed by atoms with Gasteiger partial charge in [-0.2, -0.15) is 0 Å². The monoisotopic (exact) mass is 263 g/mol. The summed E-state index contributed by atoms with van der Waals surface area (Å²) in [5.41, 5.74) is 0. The van der Waals surface area contributed by atoms with E-state index >= 15 is 0 Å². The molecule has 5 nitrogen and oxygen atoms in total. The summed E-state index contributed by atoms with van der Waals surface area (Å²) >= 11 is 0. The van der Waals surface area contributed by atoms with Gasteiger partial charge in [0.15, 0.2) is 0 Å². The van der Waals surface area contributed by atoms with Crippen LogP contribution < -0.4 is 10.6 Å². The molecule has 6 heteroatoms. The van der Waals surface area contributed by atoms with Gasteiger partial charge in [-0.05, 0) is 26.9 Å². The largest absolute Gasteiger partial charge is 0.356 e. The van der Waals surface area contributed by atoms with Crippen molar-refractivity contribution in [2.75, 3.05) is 33.2 Å². The highest BCUT2D eigenvalue weighted by Crippen LogP contribution is 2.17. The summed E-state index contributed by atoms with van der Waals surface area (Å²) in [5.74, 6) is -0.0414. The molecule has 0 aromatic carbocycles. The zero-order chi connectivity index (χ0) is 12.0. The Morgan fingerprint density at radius 1 is 1.47 bits per heavy atom. The van der Waals surface area contributed by atoms with E-state index in [2.05, 4.69) is 10.6 Å². The molecule has 0 aliphatic carbocycles. The van der Waals surface area contributed by atoms with Gasteiger partial charge in [0.25, 0.3) is 0 Å². The second kappa shape index (κ2) is 8.31. The normalized spacial score (nSPS) is 19.1. The molecule has 0 aromatic rings. The third kappa shape index (κ3) is 4.91. The number of carbonyl (C=O) groups excluding carboxylic acids is 2. The maximum atomic E-state index is 11.7. The second-order valence-corrected chi connectivity index (χ2v) is 4.08. The minimum absolute atomic E-state index is 0. The topological polar surface area (TPSA) is 61.4 Å². The van der Waals surface area contributed by atoms with E-state index in [4.69, 9.17) is 0 Å². The summed E-state index contributed by atoms with van der Waals surface area (Å²) in [6.45, 7) is 4.78. The average molecular weight is 264 g/mol. The molecule has 0 bridgehead atoms. The Morgan fingerprint density at radius 3 is 2.71 bits per heavy atom. The smallest absolute Gasteiger partial charge is 0.225 e.